The van der Waals surface area contributed by atoms with Crippen molar-refractivity contribution in [3.05, 3.63) is 75.0 Å². The van der Waals surface area contributed by atoms with Crippen LogP contribution in [0.25, 0.3) is 10.9 Å². The van der Waals surface area contributed by atoms with E-state index in [2.05, 4.69) is 14.9 Å². The number of H-pyrrole nitrogens is 1. The number of carbonyl (C=O) groups is 1. The number of halogens is 2. The molecular weight excluding hydrogens is 433 g/mol. The Kier molecular flexibility index (Phi) is 6.83. The lowest BCUT2D eigenvalue weighted by atomic mass is 10.2. The number of nitrogens with zero attached hydrogens (tertiary/aromatic N) is 4. The average Bonchev–Trinajstić information content (AvgIpc) is 2.77. The largest absolute Gasteiger partial charge is 0.339 e. The summed E-state index contributed by atoms with van der Waals surface area (Å²) in [4.78, 5) is 38.0. The summed E-state index contributed by atoms with van der Waals surface area (Å²) in [6.45, 7) is 3.45. The maximum atomic E-state index is 14.0. The molecule has 1 amide bonds. The molecule has 168 valence electrons. The third-order valence-electron chi connectivity index (χ3n) is 5.66. The van der Waals surface area contributed by atoms with Crippen LogP contribution in [0.15, 0.2) is 47.3 Å². The molecule has 0 spiro atoms. The van der Waals surface area contributed by atoms with Gasteiger partial charge in [0.1, 0.15) is 11.6 Å². The highest BCUT2D eigenvalue weighted by molar-refractivity contribution is 6.31. The molecule has 1 fully saturated rings. The minimum Gasteiger partial charge on any atom is -0.339 e. The summed E-state index contributed by atoms with van der Waals surface area (Å²) in [6, 6.07) is 11.9. The van der Waals surface area contributed by atoms with Crippen LogP contribution >= 0.6 is 11.6 Å². The minimum absolute atomic E-state index is 0.0132. The monoisotopic (exact) mass is 457 g/mol. The topological polar surface area (TPSA) is 72.5 Å². The Balaban J connectivity index is 1.30. The average molecular weight is 458 g/mol. The number of rotatable bonds is 6. The van der Waals surface area contributed by atoms with Gasteiger partial charge in [0.05, 0.1) is 24.0 Å². The second kappa shape index (κ2) is 9.77. The molecule has 1 N–H and O–H groups in total. The van der Waals surface area contributed by atoms with Crippen molar-refractivity contribution >= 4 is 28.4 Å². The van der Waals surface area contributed by atoms with Crippen molar-refractivity contribution in [3.8, 4) is 0 Å². The first kappa shape index (κ1) is 22.4. The molecule has 0 aliphatic carbocycles. The molecule has 1 saturated heterocycles. The van der Waals surface area contributed by atoms with E-state index in [1.54, 1.807) is 30.3 Å². The summed E-state index contributed by atoms with van der Waals surface area (Å²) >= 11 is 6.13. The molecule has 7 nitrogen and oxygen atoms in total. The number of hydrogen-bond donors (Lipinski definition) is 1. The first-order valence-corrected chi connectivity index (χ1v) is 10.9. The summed E-state index contributed by atoms with van der Waals surface area (Å²) < 4.78 is 14.0. The number of fused-ring (bicyclic) bond motifs is 1. The van der Waals surface area contributed by atoms with Gasteiger partial charge in [-0.05, 0) is 31.3 Å². The Morgan fingerprint density at radius 3 is 2.66 bits per heavy atom. The number of amides is 1. The van der Waals surface area contributed by atoms with Crippen molar-refractivity contribution in [1.29, 1.82) is 0 Å². The predicted molar refractivity (Wildman–Crippen MR) is 122 cm³/mol. The van der Waals surface area contributed by atoms with Crippen molar-refractivity contribution in [2.45, 2.75) is 13.1 Å². The Hall–Kier alpha value is -2.81. The summed E-state index contributed by atoms with van der Waals surface area (Å²) in [5.41, 5.74) is 0.944. The SMILES string of the molecule is CN(CC(=O)N1CCN(Cc2c(F)cccc2Cl)CC1)Cc1nc2ccccc2c(=O)[nH]1. The third-order valence-corrected chi connectivity index (χ3v) is 6.01. The van der Waals surface area contributed by atoms with E-state index < -0.39 is 0 Å². The molecule has 4 rings (SSSR count). The molecular formula is C23H25ClFN5O2. The number of likely N-dealkylation sites (N-methyl/N-ethyl adjacent to an activating group) is 1. The predicted octanol–water partition coefficient (Wildman–Crippen LogP) is 2.49. The van der Waals surface area contributed by atoms with E-state index in [-0.39, 0.29) is 23.8 Å². The first-order valence-electron chi connectivity index (χ1n) is 10.5. The van der Waals surface area contributed by atoms with E-state index >= 15 is 0 Å². The highest BCUT2D eigenvalue weighted by Gasteiger charge is 2.23. The number of piperazine rings is 1. The molecule has 1 aromatic heterocycles. The fraction of sp³-hybridized carbons (Fsp3) is 0.348. The smallest absolute Gasteiger partial charge is 0.258 e. The van der Waals surface area contributed by atoms with Crippen LogP contribution in [0.5, 0.6) is 0 Å². The molecule has 3 aromatic rings. The molecule has 9 heteroatoms. The zero-order valence-corrected chi connectivity index (χ0v) is 18.6. The third kappa shape index (κ3) is 5.15. The molecule has 0 bridgehead atoms. The van der Waals surface area contributed by atoms with E-state index in [4.69, 9.17) is 11.6 Å². The van der Waals surface area contributed by atoms with Gasteiger partial charge < -0.3 is 9.88 Å². The van der Waals surface area contributed by atoms with E-state index in [1.165, 1.54) is 6.07 Å². The van der Waals surface area contributed by atoms with Crippen molar-refractivity contribution in [3.63, 3.8) is 0 Å². The van der Waals surface area contributed by atoms with Gasteiger partial charge in [-0.3, -0.25) is 19.4 Å². The second-order valence-corrected chi connectivity index (χ2v) is 8.47. The van der Waals surface area contributed by atoms with Crippen molar-refractivity contribution in [2.24, 2.45) is 0 Å². The maximum absolute atomic E-state index is 14.0. The molecule has 0 unspecified atom stereocenters. The Labute approximate surface area is 190 Å². The zero-order chi connectivity index (χ0) is 22.7. The lowest BCUT2D eigenvalue weighted by Gasteiger charge is -2.35. The van der Waals surface area contributed by atoms with Gasteiger partial charge in [-0.25, -0.2) is 9.37 Å². The fourth-order valence-electron chi connectivity index (χ4n) is 3.91. The number of aromatic nitrogens is 2. The maximum Gasteiger partial charge on any atom is 0.258 e. The van der Waals surface area contributed by atoms with Gasteiger partial charge >= 0.3 is 0 Å². The van der Waals surface area contributed by atoms with Gasteiger partial charge in [-0.15, -0.1) is 0 Å². The Morgan fingerprint density at radius 2 is 1.91 bits per heavy atom. The fourth-order valence-corrected chi connectivity index (χ4v) is 4.14. The van der Waals surface area contributed by atoms with Crippen molar-refractivity contribution in [2.75, 3.05) is 39.8 Å². The normalized spacial score (nSPS) is 14.9. The van der Waals surface area contributed by atoms with E-state index in [1.807, 2.05) is 22.9 Å². The van der Waals surface area contributed by atoms with Gasteiger partial charge in [0.2, 0.25) is 5.91 Å². The van der Waals surface area contributed by atoms with Gasteiger partial charge in [0, 0.05) is 43.3 Å². The number of hydrogen-bond acceptors (Lipinski definition) is 5. The molecule has 1 aliphatic rings. The molecule has 1 aliphatic heterocycles. The quantitative estimate of drug-likeness (QED) is 0.615. The summed E-state index contributed by atoms with van der Waals surface area (Å²) in [5.74, 6) is 0.229. The molecule has 0 radical (unpaired) electrons. The van der Waals surface area contributed by atoms with Crippen LogP contribution in [0.3, 0.4) is 0 Å². The standard InChI is InChI=1S/C23H25ClFN5O2/c1-28(14-21-26-20-8-3-2-5-16(20)23(32)27-21)15-22(31)30-11-9-29(10-12-30)13-17-18(24)6-4-7-19(17)25/h2-8H,9-15H2,1H3,(H,26,27,32). The molecule has 2 aromatic carbocycles. The van der Waals surface area contributed by atoms with Gasteiger partial charge in [-0.1, -0.05) is 29.8 Å². The molecule has 0 saturated carbocycles. The number of carbonyl (C=O) groups excluding carboxylic acids is 1. The Morgan fingerprint density at radius 1 is 1.16 bits per heavy atom. The van der Waals surface area contributed by atoms with Crippen LogP contribution in [0.1, 0.15) is 11.4 Å². The summed E-state index contributed by atoms with van der Waals surface area (Å²) in [7, 11) is 1.82. The summed E-state index contributed by atoms with van der Waals surface area (Å²) in [5, 5.41) is 0.968. The van der Waals surface area contributed by atoms with Gasteiger partial charge in [0.15, 0.2) is 0 Å². The van der Waals surface area contributed by atoms with Crippen LogP contribution < -0.4 is 5.56 Å². The lowest BCUT2D eigenvalue weighted by Crippen LogP contribution is -2.50. The van der Waals surface area contributed by atoms with Crippen molar-refractivity contribution < 1.29 is 9.18 Å². The lowest BCUT2D eigenvalue weighted by molar-refractivity contribution is -0.134. The van der Waals surface area contributed by atoms with Crippen LogP contribution in [0.4, 0.5) is 4.39 Å². The molecule has 2 heterocycles. The van der Waals surface area contributed by atoms with E-state index in [0.29, 0.717) is 66.6 Å². The van der Waals surface area contributed by atoms with Crippen LogP contribution in [0.2, 0.25) is 5.02 Å². The summed E-state index contributed by atoms with van der Waals surface area (Å²) in [6.07, 6.45) is 0. The van der Waals surface area contributed by atoms with Crippen molar-refractivity contribution in [1.82, 2.24) is 24.7 Å². The first-order chi connectivity index (χ1) is 15.4. The zero-order valence-electron chi connectivity index (χ0n) is 17.9. The highest BCUT2D eigenvalue weighted by Crippen LogP contribution is 2.21. The molecule has 0 atom stereocenters. The number of aromatic amines is 1. The second-order valence-electron chi connectivity index (χ2n) is 8.06. The Bertz CT molecular complexity index is 1160. The van der Waals surface area contributed by atoms with Crippen LogP contribution in [-0.2, 0) is 17.9 Å². The number of benzene rings is 2. The van der Waals surface area contributed by atoms with Crippen LogP contribution in [0, 0.1) is 5.82 Å². The van der Waals surface area contributed by atoms with Crippen LogP contribution in [-0.4, -0.2) is 70.3 Å². The highest BCUT2D eigenvalue weighted by atomic mass is 35.5. The van der Waals surface area contributed by atoms with Gasteiger partial charge in [0.25, 0.3) is 5.56 Å². The molecule has 32 heavy (non-hydrogen) atoms. The van der Waals surface area contributed by atoms with E-state index in [0.717, 1.165) is 0 Å². The number of para-hydroxylation sites is 1. The number of nitrogens with one attached hydrogen (secondary N) is 1. The van der Waals surface area contributed by atoms with E-state index in [9.17, 15) is 14.0 Å². The van der Waals surface area contributed by atoms with Gasteiger partial charge in [-0.2, -0.15) is 0 Å². The minimum atomic E-state index is -0.307.